The molecule has 0 atom stereocenters. The standard InChI is InChI=1S/C14H13N3O2S/c1-9-5-12(10(2)20-9)8-16-13-4-3-11(7-15)6-14(13)17(18)19/h3-6,16H,8H2,1-2H3. The highest BCUT2D eigenvalue weighted by Crippen LogP contribution is 2.27. The summed E-state index contributed by atoms with van der Waals surface area (Å²) in [5.41, 5.74) is 1.77. The lowest BCUT2D eigenvalue weighted by Crippen LogP contribution is -2.03. The van der Waals surface area contributed by atoms with Crippen LogP contribution >= 0.6 is 11.3 Å². The fraction of sp³-hybridized carbons (Fsp3) is 0.214. The van der Waals surface area contributed by atoms with E-state index in [2.05, 4.69) is 11.4 Å². The summed E-state index contributed by atoms with van der Waals surface area (Å²) in [7, 11) is 0. The van der Waals surface area contributed by atoms with Crippen LogP contribution in [0.25, 0.3) is 0 Å². The zero-order valence-corrected chi connectivity index (χ0v) is 12.0. The van der Waals surface area contributed by atoms with Crippen molar-refractivity contribution in [3.05, 3.63) is 55.3 Å². The van der Waals surface area contributed by atoms with Gasteiger partial charge in [0, 0.05) is 22.4 Å². The second-order valence-electron chi connectivity index (χ2n) is 4.39. The summed E-state index contributed by atoms with van der Waals surface area (Å²) in [5.74, 6) is 0. The fourth-order valence-electron chi connectivity index (χ4n) is 1.95. The molecule has 6 heteroatoms. The van der Waals surface area contributed by atoms with E-state index in [4.69, 9.17) is 5.26 Å². The third-order valence-corrected chi connectivity index (χ3v) is 3.94. The number of nitro groups is 1. The smallest absolute Gasteiger partial charge is 0.293 e. The average molecular weight is 287 g/mol. The van der Waals surface area contributed by atoms with E-state index in [0.717, 1.165) is 5.56 Å². The summed E-state index contributed by atoms with van der Waals surface area (Å²) in [5, 5.41) is 22.9. The Labute approximate surface area is 120 Å². The van der Waals surface area contributed by atoms with Gasteiger partial charge in [-0.3, -0.25) is 10.1 Å². The normalized spacial score (nSPS) is 10.1. The molecule has 0 saturated carbocycles. The molecule has 0 saturated heterocycles. The van der Waals surface area contributed by atoms with Crippen molar-refractivity contribution >= 4 is 22.7 Å². The van der Waals surface area contributed by atoms with Crippen molar-refractivity contribution in [2.24, 2.45) is 0 Å². The highest BCUT2D eigenvalue weighted by atomic mass is 32.1. The van der Waals surface area contributed by atoms with E-state index in [9.17, 15) is 10.1 Å². The second-order valence-corrected chi connectivity index (χ2v) is 5.85. The molecule has 2 rings (SSSR count). The Morgan fingerprint density at radius 3 is 2.70 bits per heavy atom. The number of thiophene rings is 1. The van der Waals surface area contributed by atoms with Crippen molar-refractivity contribution in [3.63, 3.8) is 0 Å². The summed E-state index contributed by atoms with van der Waals surface area (Å²) >= 11 is 1.70. The van der Waals surface area contributed by atoms with E-state index in [1.54, 1.807) is 23.5 Å². The van der Waals surface area contributed by atoms with Crippen LogP contribution in [0, 0.1) is 35.3 Å². The van der Waals surface area contributed by atoms with E-state index in [-0.39, 0.29) is 11.3 Å². The number of hydrogen-bond donors (Lipinski definition) is 1. The minimum absolute atomic E-state index is 0.0753. The van der Waals surface area contributed by atoms with Gasteiger partial charge in [0.1, 0.15) is 5.69 Å². The van der Waals surface area contributed by atoms with Gasteiger partial charge in [0.25, 0.3) is 5.69 Å². The molecule has 0 spiro atoms. The van der Waals surface area contributed by atoms with Crippen LogP contribution in [0.15, 0.2) is 24.3 Å². The first-order valence-corrected chi connectivity index (χ1v) is 6.81. The first kappa shape index (κ1) is 14.0. The van der Waals surface area contributed by atoms with Gasteiger partial charge < -0.3 is 5.32 Å². The summed E-state index contributed by atoms with van der Waals surface area (Å²) < 4.78 is 0. The molecule has 20 heavy (non-hydrogen) atoms. The van der Waals surface area contributed by atoms with Crippen molar-refractivity contribution in [2.45, 2.75) is 20.4 Å². The number of nitro benzene ring substituents is 1. The van der Waals surface area contributed by atoms with Crippen LogP contribution in [0.5, 0.6) is 0 Å². The summed E-state index contributed by atoms with van der Waals surface area (Å²) in [6, 6.07) is 8.41. The van der Waals surface area contributed by atoms with Crippen LogP contribution in [-0.4, -0.2) is 4.92 Å². The maximum Gasteiger partial charge on any atom is 0.293 e. The average Bonchev–Trinajstić information content (AvgIpc) is 2.74. The van der Waals surface area contributed by atoms with Gasteiger partial charge in [-0.1, -0.05) is 0 Å². The molecule has 1 aromatic carbocycles. The van der Waals surface area contributed by atoms with Gasteiger partial charge >= 0.3 is 0 Å². The number of rotatable bonds is 4. The molecule has 0 aliphatic heterocycles. The summed E-state index contributed by atoms with van der Waals surface area (Å²) in [4.78, 5) is 13.0. The lowest BCUT2D eigenvalue weighted by molar-refractivity contribution is -0.384. The summed E-state index contributed by atoms with van der Waals surface area (Å²) in [6.07, 6.45) is 0. The Bertz CT molecular complexity index is 701. The molecule has 2 aromatic rings. The van der Waals surface area contributed by atoms with Crippen molar-refractivity contribution in [3.8, 4) is 6.07 Å². The van der Waals surface area contributed by atoms with E-state index in [1.807, 2.05) is 19.9 Å². The van der Waals surface area contributed by atoms with Gasteiger partial charge in [0.05, 0.1) is 16.6 Å². The van der Waals surface area contributed by atoms with Gasteiger partial charge in [0.2, 0.25) is 0 Å². The zero-order chi connectivity index (χ0) is 14.7. The highest BCUT2D eigenvalue weighted by molar-refractivity contribution is 7.12. The number of hydrogen-bond acceptors (Lipinski definition) is 5. The van der Waals surface area contributed by atoms with Gasteiger partial charge in [-0.05, 0) is 37.6 Å². The van der Waals surface area contributed by atoms with Crippen LogP contribution < -0.4 is 5.32 Å². The van der Waals surface area contributed by atoms with Gasteiger partial charge in [-0.2, -0.15) is 5.26 Å². The zero-order valence-electron chi connectivity index (χ0n) is 11.1. The number of benzene rings is 1. The highest BCUT2D eigenvalue weighted by Gasteiger charge is 2.15. The van der Waals surface area contributed by atoms with Crippen molar-refractivity contribution in [1.29, 1.82) is 5.26 Å². The van der Waals surface area contributed by atoms with Crippen LogP contribution in [0.1, 0.15) is 20.9 Å². The fourth-order valence-corrected chi connectivity index (χ4v) is 2.90. The predicted octanol–water partition coefficient (Wildman–Crippen LogP) is 3.76. The molecule has 0 radical (unpaired) electrons. The lowest BCUT2D eigenvalue weighted by atomic mass is 10.1. The molecule has 102 valence electrons. The number of nitriles is 1. The quantitative estimate of drug-likeness (QED) is 0.686. The molecule has 5 nitrogen and oxygen atoms in total. The van der Waals surface area contributed by atoms with Gasteiger partial charge in [-0.25, -0.2) is 0 Å². The molecule has 0 aliphatic rings. The summed E-state index contributed by atoms with van der Waals surface area (Å²) in [6.45, 7) is 4.59. The van der Waals surface area contributed by atoms with E-state index >= 15 is 0 Å². The Morgan fingerprint density at radius 2 is 2.15 bits per heavy atom. The maximum atomic E-state index is 11.0. The SMILES string of the molecule is Cc1cc(CNc2ccc(C#N)cc2[N+](=O)[O-])c(C)s1. The van der Waals surface area contributed by atoms with Gasteiger partial charge in [-0.15, -0.1) is 11.3 Å². The molecule has 0 amide bonds. The topological polar surface area (TPSA) is 79.0 Å². The van der Waals surface area contributed by atoms with Gasteiger partial charge in [0.15, 0.2) is 0 Å². The second kappa shape index (κ2) is 5.72. The minimum Gasteiger partial charge on any atom is -0.375 e. The first-order valence-electron chi connectivity index (χ1n) is 5.99. The molecule has 0 fully saturated rings. The van der Waals surface area contributed by atoms with Crippen LogP contribution in [0.4, 0.5) is 11.4 Å². The molecule has 0 unspecified atom stereocenters. The van der Waals surface area contributed by atoms with Crippen LogP contribution in [-0.2, 0) is 6.54 Å². The number of nitrogens with one attached hydrogen (secondary N) is 1. The molecule has 1 aromatic heterocycles. The number of nitrogens with zero attached hydrogens (tertiary/aromatic N) is 2. The largest absolute Gasteiger partial charge is 0.375 e. The minimum atomic E-state index is -0.477. The Hall–Kier alpha value is -2.39. The monoisotopic (exact) mass is 287 g/mol. The predicted molar refractivity (Wildman–Crippen MR) is 78.9 cm³/mol. The molecular formula is C14H13N3O2S. The van der Waals surface area contributed by atoms with E-state index in [1.165, 1.54) is 15.8 Å². The number of aryl methyl sites for hydroxylation is 2. The third kappa shape index (κ3) is 2.95. The molecular weight excluding hydrogens is 274 g/mol. The van der Waals surface area contributed by atoms with Crippen molar-refractivity contribution in [1.82, 2.24) is 0 Å². The first-order chi connectivity index (χ1) is 9.51. The third-order valence-electron chi connectivity index (χ3n) is 2.94. The van der Waals surface area contributed by atoms with Crippen molar-refractivity contribution < 1.29 is 4.92 Å². The van der Waals surface area contributed by atoms with Crippen LogP contribution in [0.3, 0.4) is 0 Å². The molecule has 1 N–H and O–H groups in total. The molecule has 1 heterocycles. The number of anilines is 1. The molecule has 0 bridgehead atoms. The Morgan fingerprint density at radius 1 is 1.40 bits per heavy atom. The Balaban J connectivity index is 2.23. The lowest BCUT2D eigenvalue weighted by Gasteiger charge is -2.07. The van der Waals surface area contributed by atoms with E-state index in [0.29, 0.717) is 12.2 Å². The Kier molecular flexibility index (Phi) is 4.01. The molecule has 0 aliphatic carbocycles. The maximum absolute atomic E-state index is 11.0. The van der Waals surface area contributed by atoms with Crippen LogP contribution in [0.2, 0.25) is 0 Å². The van der Waals surface area contributed by atoms with Crippen molar-refractivity contribution in [2.75, 3.05) is 5.32 Å². The van der Waals surface area contributed by atoms with E-state index < -0.39 is 4.92 Å².